The smallest absolute Gasteiger partial charge is 0.0703 e. The van der Waals surface area contributed by atoms with Gasteiger partial charge < -0.3 is 0 Å². The first-order valence-electron chi connectivity index (χ1n) is 5.69. The molecule has 16 heavy (non-hydrogen) atoms. The van der Waals surface area contributed by atoms with Gasteiger partial charge in [0.1, 0.15) is 0 Å². The molecule has 2 nitrogen and oxygen atoms in total. The highest BCUT2D eigenvalue weighted by molar-refractivity contribution is 6.18. The Morgan fingerprint density at radius 1 is 1.38 bits per heavy atom. The van der Waals surface area contributed by atoms with E-state index in [0.717, 1.165) is 18.7 Å². The van der Waals surface area contributed by atoms with Crippen molar-refractivity contribution in [3.63, 3.8) is 0 Å². The van der Waals surface area contributed by atoms with Gasteiger partial charge in [-0.05, 0) is 24.8 Å². The fourth-order valence-electron chi connectivity index (χ4n) is 1.93. The van der Waals surface area contributed by atoms with Gasteiger partial charge in [-0.1, -0.05) is 25.1 Å². The maximum Gasteiger partial charge on any atom is 0.0703 e. The first kappa shape index (κ1) is 11.5. The van der Waals surface area contributed by atoms with Crippen LogP contribution in [0.3, 0.4) is 0 Å². The van der Waals surface area contributed by atoms with E-state index >= 15 is 0 Å². The van der Waals surface area contributed by atoms with Crippen LogP contribution >= 0.6 is 11.6 Å². The van der Waals surface area contributed by atoms with E-state index in [2.05, 4.69) is 36.3 Å². The third-order valence-electron chi connectivity index (χ3n) is 2.97. The predicted molar refractivity (Wildman–Crippen MR) is 68.9 cm³/mol. The number of rotatable bonds is 4. The molecule has 2 aromatic rings. The molecule has 0 aliphatic rings. The fourth-order valence-corrected chi connectivity index (χ4v) is 2.09. The minimum Gasteiger partial charge on any atom is -0.268 e. The van der Waals surface area contributed by atoms with Crippen LogP contribution < -0.4 is 0 Å². The normalized spacial score (nSPS) is 13.2. The van der Waals surface area contributed by atoms with E-state index in [1.54, 1.807) is 0 Å². The lowest BCUT2D eigenvalue weighted by Gasteiger charge is -2.04. The van der Waals surface area contributed by atoms with E-state index in [-0.39, 0.29) is 0 Å². The second-order valence-corrected chi connectivity index (χ2v) is 4.69. The van der Waals surface area contributed by atoms with Crippen LogP contribution in [-0.4, -0.2) is 15.7 Å². The predicted octanol–water partition coefficient (Wildman–Crippen LogP) is 3.38. The standard InChI is InChI=1S/C13H17ClN2/c1-10(9-14)7-8-12-11-5-3-4-6-13(11)16(2)15-12/h3-6,10H,7-9H2,1-2H3. The van der Waals surface area contributed by atoms with Gasteiger partial charge in [0.2, 0.25) is 0 Å². The number of halogens is 1. The van der Waals surface area contributed by atoms with Crippen molar-refractivity contribution in [1.29, 1.82) is 0 Å². The summed E-state index contributed by atoms with van der Waals surface area (Å²) in [6.07, 6.45) is 2.11. The Labute approximate surface area is 101 Å². The number of para-hydroxylation sites is 1. The molecule has 1 atom stereocenters. The van der Waals surface area contributed by atoms with Crippen LogP contribution in [0.2, 0.25) is 0 Å². The number of aryl methyl sites for hydroxylation is 2. The number of benzene rings is 1. The summed E-state index contributed by atoms with van der Waals surface area (Å²) in [5.41, 5.74) is 2.39. The van der Waals surface area contributed by atoms with Crippen molar-refractivity contribution >= 4 is 22.5 Å². The fraction of sp³-hybridized carbons (Fsp3) is 0.462. The third-order valence-corrected chi connectivity index (χ3v) is 3.50. The van der Waals surface area contributed by atoms with Crippen molar-refractivity contribution in [2.45, 2.75) is 19.8 Å². The summed E-state index contributed by atoms with van der Waals surface area (Å²) in [7, 11) is 2.00. The van der Waals surface area contributed by atoms with Gasteiger partial charge in [0.15, 0.2) is 0 Å². The monoisotopic (exact) mass is 236 g/mol. The number of alkyl halides is 1. The zero-order valence-corrected chi connectivity index (χ0v) is 10.5. The molecule has 0 saturated carbocycles. The first-order chi connectivity index (χ1) is 7.72. The Hall–Kier alpha value is -1.02. The molecule has 1 aromatic heterocycles. The highest BCUT2D eigenvalue weighted by Crippen LogP contribution is 2.20. The van der Waals surface area contributed by atoms with Crippen LogP contribution in [-0.2, 0) is 13.5 Å². The molecule has 1 heterocycles. The molecule has 0 aliphatic carbocycles. The van der Waals surface area contributed by atoms with Crippen LogP contribution in [0.25, 0.3) is 10.9 Å². The SMILES string of the molecule is CC(CCl)CCc1nn(C)c2ccccc12. The summed E-state index contributed by atoms with van der Waals surface area (Å²) < 4.78 is 1.95. The Morgan fingerprint density at radius 3 is 2.88 bits per heavy atom. The number of nitrogens with zero attached hydrogens (tertiary/aromatic N) is 2. The van der Waals surface area contributed by atoms with Gasteiger partial charge in [0, 0.05) is 18.3 Å². The number of hydrogen-bond donors (Lipinski definition) is 0. The topological polar surface area (TPSA) is 17.8 Å². The third kappa shape index (κ3) is 2.22. The van der Waals surface area contributed by atoms with Crippen LogP contribution in [0.1, 0.15) is 19.0 Å². The van der Waals surface area contributed by atoms with E-state index in [9.17, 15) is 0 Å². The number of hydrogen-bond acceptors (Lipinski definition) is 1. The highest BCUT2D eigenvalue weighted by Gasteiger charge is 2.09. The Bertz CT molecular complexity index is 476. The summed E-state index contributed by atoms with van der Waals surface area (Å²) in [6, 6.07) is 8.37. The quantitative estimate of drug-likeness (QED) is 0.745. The van der Waals surface area contributed by atoms with E-state index in [4.69, 9.17) is 11.6 Å². The number of aromatic nitrogens is 2. The second-order valence-electron chi connectivity index (χ2n) is 4.39. The van der Waals surface area contributed by atoms with Crippen LogP contribution in [0, 0.1) is 5.92 Å². The molecule has 1 aromatic carbocycles. The largest absolute Gasteiger partial charge is 0.268 e. The van der Waals surface area contributed by atoms with E-state index in [0.29, 0.717) is 5.92 Å². The van der Waals surface area contributed by atoms with Crippen molar-refractivity contribution in [3.05, 3.63) is 30.0 Å². The minimum atomic E-state index is 0.558. The molecule has 3 heteroatoms. The molecule has 0 amide bonds. The van der Waals surface area contributed by atoms with Crippen LogP contribution in [0.4, 0.5) is 0 Å². The molecule has 0 bridgehead atoms. The van der Waals surface area contributed by atoms with Gasteiger partial charge in [-0.25, -0.2) is 0 Å². The van der Waals surface area contributed by atoms with Crippen LogP contribution in [0.5, 0.6) is 0 Å². The maximum absolute atomic E-state index is 5.82. The molecule has 1 unspecified atom stereocenters. The Kier molecular flexibility index (Phi) is 3.49. The van der Waals surface area contributed by atoms with Gasteiger partial charge in [-0.3, -0.25) is 4.68 Å². The van der Waals surface area contributed by atoms with Gasteiger partial charge in [0.05, 0.1) is 11.2 Å². The average Bonchev–Trinajstić information content (AvgIpc) is 2.64. The summed E-state index contributed by atoms with van der Waals surface area (Å²) in [5.74, 6) is 1.28. The summed E-state index contributed by atoms with van der Waals surface area (Å²) in [6.45, 7) is 2.18. The Balaban J connectivity index is 2.24. The highest BCUT2D eigenvalue weighted by atomic mass is 35.5. The lowest BCUT2D eigenvalue weighted by Crippen LogP contribution is -1.99. The summed E-state index contributed by atoms with van der Waals surface area (Å²) in [5, 5.41) is 5.84. The summed E-state index contributed by atoms with van der Waals surface area (Å²) in [4.78, 5) is 0. The van der Waals surface area contributed by atoms with Crippen molar-refractivity contribution < 1.29 is 0 Å². The number of fused-ring (bicyclic) bond motifs is 1. The molecule has 0 spiro atoms. The average molecular weight is 237 g/mol. The maximum atomic E-state index is 5.82. The van der Waals surface area contributed by atoms with Crippen molar-refractivity contribution in [1.82, 2.24) is 9.78 Å². The molecule has 0 fully saturated rings. The molecule has 0 N–H and O–H groups in total. The zero-order valence-electron chi connectivity index (χ0n) is 9.78. The van der Waals surface area contributed by atoms with Crippen LogP contribution in [0.15, 0.2) is 24.3 Å². The van der Waals surface area contributed by atoms with E-state index in [1.807, 2.05) is 11.7 Å². The molecule has 0 saturated heterocycles. The molecular formula is C13H17ClN2. The molecule has 2 rings (SSSR count). The Morgan fingerprint density at radius 2 is 2.12 bits per heavy atom. The lowest BCUT2D eigenvalue weighted by molar-refractivity contribution is 0.583. The minimum absolute atomic E-state index is 0.558. The first-order valence-corrected chi connectivity index (χ1v) is 6.22. The molecular weight excluding hydrogens is 220 g/mol. The van der Waals surface area contributed by atoms with E-state index < -0.39 is 0 Å². The molecule has 86 valence electrons. The lowest BCUT2D eigenvalue weighted by atomic mass is 10.0. The van der Waals surface area contributed by atoms with Gasteiger partial charge >= 0.3 is 0 Å². The van der Waals surface area contributed by atoms with Crippen molar-refractivity contribution in [3.8, 4) is 0 Å². The van der Waals surface area contributed by atoms with E-state index in [1.165, 1.54) is 16.6 Å². The van der Waals surface area contributed by atoms with Crippen molar-refractivity contribution in [2.75, 3.05) is 5.88 Å². The second kappa shape index (κ2) is 4.88. The molecule has 0 radical (unpaired) electrons. The van der Waals surface area contributed by atoms with Gasteiger partial charge in [-0.2, -0.15) is 5.10 Å². The zero-order chi connectivity index (χ0) is 11.5. The van der Waals surface area contributed by atoms with Gasteiger partial charge in [0.25, 0.3) is 0 Å². The summed E-state index contributed by atoms with van der Waals surface area (Å²) >= 11 is 5.82. The van der Waals surface area contributed by atoms with Crippen molar-refractivity contribution in [2.24, 2.45) is 13.0 Å². The molecule has 0 aliphatic heterocycles. The van der Waals surface area contributed by atoms with Gasteiger partial charge in [-0.15, -0.1) is 11.6 Å².